The molecule has 512 valence electrons. The maximum absolute atomic E-state index is 6.72. The Balaban J connectivity index is 0.000000132. The summed E-state index contributed by atoms with van der Waals surface area (Å²) in [5.41, 5.74) is 27.1. The third kappa shape index (κ3) is 9.49. The summed E-state index contributed by atoms with van der Waals surface area (Å²) in [6.07, 6.45) is 0. The molecule has 110 heavy (non-hydrogen) atoms. The third-order valence-corrected chi connectivity index (χ3v) is 23.0. The molecule has 24 aromatic rings. The van der Waals surface area contributed by atoms with Crippen LogP contribution in [0.2, 0.25) is 0 Å². The number of nitrogens with zero attached hydrogens (tertiary/aromatic N) is 4. The Morgan fingerprint density at radius 1 is 0.173 bits per heavy atom. The van der Waals surface area contributed by atoms with E-state index in [-0.39, 0.29) is 0 Å². The normalized spacial score (nSPS) is 12.0. The molecule has 0 saturated carbocycles. The Labute approximate surface area is 631 Å². The third-order valence-electron chi connectivity index (χ3n) is 23.0. The molecule has 6 heterocycles. The number of hydrogen-bond donors (Lipinski definition) is 0. The molecule has 18 aromatic carbocycles. The van der Waals surface area contributed by atoms with Crippen molar-refractivity contribution in [1.29, 1.82) is 0 Å². The van der Waals surface area contributed by atoms with E-state index in [1.165, 1.54) is 126 Å². The first kappa shape index (κ1) is 61.6. The van der Waals surface area contributed by atoms with Crippen molar-refractivity contribution >= 4 is 153 Å². The Kier molecular flexibility index (Phi) is 13.7. The molecule has 0 bridgehead atoms. The average Bonchev–Trinajstić information content (AvgIpc) is 1.56. The van der Waals surface area contributed by atoms with Crippen molar-refractivity contribution in [3.63, 3.8) is 0 Å². The standard InChI is InChI=1S/2C52H32N2O/c1-2-11-33(12-3-1)34-21-25-38(26-22-34)53-47-18-8-6-16-40(47)44-31-36(23-29-48(44)53)37-24-30-49-45(32-37)42-27-28-43-41-17-7-9-20-50(41)55-52(43)51(42)54(49)46-19-10-14-35-13-4-5-15-39(35)46;1-2-11-33(12-3-1)34-21-25-38(26-22-34)53-46-18-8-6-16-40(46)43-31-36(23-28-47(43)53)37-24-29-48-44(32-37)51-49(30-27-42-41-17-7-9-20-50(41)55-52(42)51)54(48)45-19-10-14-35-13-4-5-15-39(35)45/h2*1-32H. The quantitative estimate of drug-likeness (QED) is 0.152. The van der Waals surface area contributed by atoms with Gasteiger partial charge in [0, 0.05) is 81.4 Å². The van der Waals surface area contributed by atoms with E-state index in [1.54, 1.807) is 0 Å². The summed E-state index contributed by atoms with van der Waals surface area (Å²) >= 11 is 0. The first-order valence-electron chi connectivity index (χ1n) is 37.7. The maximum atomic E-state index is 6.72. The molecule has 0 fully saturated rings. The number of fused-ring (bicyclic) bond motifs is 22. The summed E-state index contributed by atoms with van der Waals surface area (Å²) in [5, 5.41) is 19.0. The second-order valence-corrected chi connectivity index (χ2v) is 29.0. The Bertz CT molecular complexity index is 7860. The lowest BCUT2D eigenvalue weighted by molar-refractivity contribution is 0.671. The van der Waals surface area contributed by atoms with Crippen LogP contribution in [0.3, 0.4) is 0 Å². The predicted octanol–water partition coefficient (Wildman–Crippen LogP) is 28.5. The van der Waals surface area contributed by atoms with Gasteiger partial charge >= 0.3 is 0 Å². The summed E-state index contributed by atoms with van der Waals surface area (Å²) in [5.74, 6) is 0. The van der Waals surface area contributed by atoms with Crippen LogP contribution >= 0.6 is 0 Å². The number of furan rings is 2. The summed E-state index contributed by atoms with van der Waals surface area (Å²) in [6, 6.07) is 140. The summed E-state index contributed by atoms with van der Waals surface area (Å²) in [7, 11) is 0. The molecule has 0 aliphatic carbocycles. The van der Waals surface area contributed by atoms with E-state index in [9.17, 15) is 0 Å². The largest absolute Gasteiger partial charge is 0.455 e. The molecule has 0 unspecified atom stereocenters. The highest BCUT2D eigenvalue weighted by Crippen LogP contribution is 2.47. The summed E-state index contributed by atoms with van der Waals surface area (Å²) in [4.78, 5) is 0. The second-order valence-electron chi connectivity index (χ2n) is 29.0. The second kappa shape index (κ2) is 24.4. The van der Waals surface area contributed by atoms with Crippen molar-refractivity contribution in [3.8, 4) is 67.3 Å². The van der Waals surface area contributed by atoms with Crippen LogP contribution in [0.5, 0.6) is 0 Å². The number of aromatic nitrogens is 4. The SMILES string of the molecule is c1ccc(-c2ccc(-n3c4ccccc4c4cc(-c5ccc6c(c5)c5c7oc8ccccc8c7ccc5n6-c5cccc6ccccc56)ccc43)cc2)cc1.c1ccc(-c2ccc(-n3c4ccccc4c4cc(-c5ccc6c(c5)c5ccc7c8ccccc8oc7c5n6-c5cccc6ccccc56)ccc43)cc2)cc1. The Morgan fingerprint density at radius 2 is 0.509 bits per heavy atom. The Hall–Kier alpha value is -14.7. The molecule has 0 aliphatic heterocycles. The van der Waals surface area contributed by atoms with Crippen LogP contribution in [0.25, 0.3) is 220 Å². The minimum atomic E-state index is 0.903. The highest BCUT2D eigenvalue weighted by atomic mass is 16.3. The molecule has 6 nitrogen and oxygen atoms in total. The van der Waals surface area contributed by atoms with Gasteiger partial charge in [-0.15, -0.1) is 0 Å². The molecule has 0 spiro atoms. The van der Waals surface area contributed by atoms with E-state index >= 15 is 0 Å². The van der Waals surface area contributed by atoms with Crippen molar-refractivity contribution in [3.05, 3.63) is 388 Å². The van der Waals surface area contributed by atoms with Gasteiger partial charge in [0.15, 0.2) is 5.58 Å². The average molecular weight is 1400 g/mol. The summed E-state index contributed by atoms with van der Waals surface area (Å²) in [6.45, 7) is 0. The van der Waals surface area contributed by atoms with Gasteiger partial charge in [-0.25, -0.2) is 0 Å². The van der Waals surface area contributed by atoms with Crippen LogP contribution in [0.15, 0.2) is 397 Å². The van der Waals surface area contributed by atoms with Crippen LogP contribution in [0.4, 0.5) is 0 Å². The van der Waals surface area contributed by atoms with Gasteiger partial charge in [0.05, 0.1) is 60.9 Å². The van der Waals surface area contributed by atoms with Crippen molar-refractivity contribution in [2.45, 2.75) is 0 Å². The fourth-order valence-electron chi connectivity index (χ4n) is 18.0. The van der Waals surface area contributed by atoms with Gasteiger partial charge in [0.2, 0.25) is 0 Å². The van der Waals surface area contributed by atoms with E-state index in [0.29, 0.717) is 0 Å². The van der Waals surface area contributed by atoms with Crippen LogP contribution < -0.4 is 0 Å². The summed E-state index contributed by atoms with van der Waals surface area (Å²) < 4.78 is 23.1. The number of para-hydroxylation sites is 4. The molecular formula is C104H64N4O2. The molecule has 0 saturated heterocycles. The van der Waals surface area contributed by atoms with Crippen LogP contribution in [-0.4, -0.2) is 18.3 Å². The van der Waals surface area contributed by atoms with Crippen LogP contribution in [0.1, 0.15) is 0 Å². The predicted molar refractivity (Wildman–Crippen MR) is 462 cm³/mol. The maximum Gasteiger partial charge on any atom is 0.160 e. The van der Waals surface area contributed by atoms with E-state index in [2.05, 4.69) is 394 Å². The van der Waals surface area contributed by atoms with Crippen LogP contribution in [-0.2, 0) is 0 Å². The molecule has 0 radical (unpaired) electrons. The van der Waals surface area contributed by atoms with Crippen molar-refractivity contribution in [1.82, 2.24) is 18.3 Å². The number of benzene rings is 18. The van der Waals surface area contributed by atoms with E-state index in [4.69, 9.17) is 8.83 Å². The van der Waals surface area contributed by atoms with Gasteiger partial charge in [-0.1, -0.05) is 261 Å². The number of rotatable bonds is 8. The van der Waals surface area contributed by atoms with Crippen molar-refractivity contribution < 1.29 is 8.83 Å². The van der Waals surface area contributed by atoms with Gasteiger partial charge in [-0.3, -0.25) is 0 Å². The molecule has 0 aliphatic rings. The van der Waals surface area contributed by atoms with Gasteiger partial charge in [-0.05, 0) is 183 Å². The lowest BCUT2D eigenvalue weighted by Crippen LogP contribution is -1.95. The zero-order chi connectivity index (χ0) is 72.1. The van der Waals surface area contributed by atoms with E-state index in [0.717, 1.165) is 94.1 Å². The van der Waals surface area contributed by atoms with Gasteiger partial charge < -0.3 is 27.1 Å². The topological polar surface area (TPSA) is 46.0 Å². The minimum absolute atomic E-state index is 0.903. The number of hydrogen-bond acceptors (Lipinski definition) is 2. The lowest BCUT2D eigenvalue weighted by Gasteiger charge is -2.12. The van der Waals surface area contributed by atoms with E-state index < -0.39 is 0 Å². The van der Waals surface area contributed by atoms with Gasteiger partial charge in [0.25, 0.3) is 0 Å². The highest BCUT2D eigenvalue weighted by Gasteiger charge is 2.25. The molecule has 0 atom stereocenters. The zero-order valence-electron chi connectivity index (χ0n) is 59.6. The first-order valence-corrected chi connectivity index (χ1v) is 37.7. The monoisotopic (exact) mass is 1400 g/mol. The zero-order valence-corrected chi connectivity index (χ0v) is 59.6. The smallest absolute Gasteiger partial charge is 0.160 e. The van der Waals surface area contributed by atoms with Gasteiger partial charge in [-0.2, -0.15) is 0 Å². The fourth-order valence-corrected chi connectivity index (χ4v) is 18.0. The van der Waals surface area contributed by atoms with Crippen molar-refractivity contribution in [2.75, 3.05) is 0 Å². The van der Waals surface area contributed by atoms with Gasteiger partial charge in [0.1, 0.15) is 16.7 Å². The van der Waals surface area contributed by atoms with E-state index in [1.807, 2.05) is 12.1 Å². The molecule has 0 amide bonds. The molecule has 0 N–H and O–H groups in total. The molecule has 6 aromatic heterocycles. The fraction of sp³-hybridized carbons (Fsp3) is 0. The minimum Gasteiger partial charge on any atom is -0.455 e. The molecular weight excluding hydrogens is 1340 g/mol. The lowest BCUT2D eigenvalue weighted by atomic mass is 10.00. The molecule has 24 rings (SSSR count). The highest BCUT2D eigenvalue weighted by molar-refractivity contribution is 6.26. The first-order chi connectivity index (χ1) is 54.6. The van der Waals surface area contributed by atoms with Crippen molar-refractivity contribution in [2.24, 2.45) is 0 Å². The van der Waals surface area contributed by atoms with Crippen LogP contribution in [0, 0.1) is 0 Å². The molecule has 6 heteroatoms. The Morgan fingerprint density at radius 3 is 1.03 bits per heavy atom.